The highest BCUT2D eigenvalue weighted by Crippen LogP contribution is 2.17. The molecule has 0 bridgehead atoms. The van der Waals surface area contributed by atoms with E-state index in [0.717, 1.165) is 30.8 Å². The molecule has 0 saturated carbocycles. The molecule has 3 rings (SSSR count). The normalized spacial score (nSPS) is 14.3. The molecule has 18 heavy (non-hydrogen) atoms. The Balaban J connectivity index is 1.97. The van der Waals surface area contributed by atoms with Crippen molar-refractivity contribution in [2.24, 2.45) is 0 Å². The van der Waals surface area contributed by atoms with Crippen molar-refractivity contribution in [2.75, 3.05) is 6.54 Å². The number of fused-ring (bicyclic) bond motifs is 1. The Kier molecular flexibility index (Phi) is 2.72. The van der Waals surface area contributed by atoms with Crippen molar-refractivity contribution in [3.05, 3.63) is 59.2 Å². The number of aromatic nitrogens is 1. The fraction of sp³-hybridized carbons (Fsp3) is 0.214. The molecule has 1 aliphatic heterocycles. The van der Waals surface area contributed by atoms with Gasteiger partial charge in [-0.2, -0.15) is 0 Å². The van der Waals surface area contributed by atoms with E-state index in [4.69, 9.17) is 0 Å². The first-order valence-corrected chi connectivity index (χ1v) is 5.96. The molecule has 0 aliphatic carbocycles. The van der Waals surface area contributed by atoms with Gasteiger partial charge in [0.15, 0.2) is 0 Å². The zero-order valence-corrected chi connectivity index (χ0v) is 9.82. The van der Waals surface area contributed by atoms with Crippen molar-refractivity contribution >= 4 is 5.91 Å². The van der Waals surface area contributed by atoms with Crippen molar-refractivity contribution in [3.63, 3.8) is 0 Å². The third-order valence-electron chi connectivity index (χ3n) is 3.25. The van der Waals surface area contributed by atoms with Gasteiger partial charge in [0.2, 0.25) is 0 Å². The number of nitrogens with one attached hydrogen (secondary N) is 1. The van der Waals surface area contributed by atoms with E-state index in [9.17, 15) is 9.18 Å². The summed E-state index contributed by atoms with van der Waals surface area (Å²) >= 11 is 0. The minimum atomic E-state index is -0.328. The van der Waals surface area contributed by atoms with Crippen LogP contribution in [0.15, 0.2) is 36.5 Å². The van der Waals surface area contributed by atoms with Gasteiger partial charge in [0, 0.05) is 37.0 Å². The monoisotopic (exact) mass is 244 g/mol. The summed E-state index contributed by atoms with van der Waals surface area (Å²) in [6, 6.07) is 7.62. The fourth-order valence-corrected chi connectivity index (χ4v) is 2.30. The second-order valence-electron chi connectivity index (χ2n) is 4.40. The molecule has 1 aromatic carbocycles. The molecule has 0 amide bonds. The molecule has 92 valence electrons. The van der Waals surface area contributed by atoms with Crippen molar-refractivity contribution < 1.29 is 9.18 Å². The first-order chi connectivity index (χ1) is 8.75. The minimum Gasteiger partial charge on any atom is -0.312 e. The lowest BCUT2D eigenvalue weighted by Gasteiger charge is -2.15. The molecule has 0 atom stereocenters. The number of rotatable bonds is 1. The SMILES string of the molecule is O=C(c1ccc(F)cc1)n1ccc2c1CCNC2. The summed E-state index contributed by atoms with van der Waals surface area (Å²) in [6.07, 6.45) is 2.64. The largest absolute Gasteiger partial charge is 0.312 e. The van der Waals surface area contributed by atoms with Crippen molar-refractivity contribution in [1.29, 1.82) is 0 Å². The lowest BCUT2D eigenvalue weighted by molar-refractivity contribution is 0.0956. The number of carbonyl (C=O) groups excluding carboxylic acids is 1. The molecule has 1 N–H and O–H groups in total. The zero-order valence-electron chi connectivity index (χ0n) is 9.82. The number of hydrogen-bond acceptors (Lipinski definition) is 2. The molecule has 0 spiro atoms. The summed E-state index contributed by atoms with van der Waals surface area (Å²) in [6.45, 7) is 1.69. The molecule has 4 heteroatoms. The van der Waals surface area contributed by atoms with Gasteiger partial charge in [-0.05, 0) is 35.9 Å². The number of benzene rings is 1. The van der Waals surface area contributed by atoms with Crippen LogP contribution < -0.4 is 5.32 Å². The molecule has 0 saturated heterocycles. The molecule has 1 aromatic heterocycles. The summed E-state index contributed by atoms with van der Waals surface area (Å²) in [5.41, 5.74) is 2.73. The Morgan fingerprint density at radius 1 is 1.22 bits per heavy atom. The van der Waals surface area contributed by atoms with Crippen LogP contribution in [0.1, 0.15) is 21.6 Å². The van der Waals surface area contributed by atoms with E-state index in [0.29, 0.717) is 5.56 Å². The van der Waals surface area contributed by atoms with Crippen LogP contribution in [0.2, 0.25) is 0 Å². The van der Waals surface area contributed by atoms with Gasteiger partial charge in [0.25, 0.3) is 5.91 Å². The molecule has 3 nitrogen and oxygen atoms in total. The molecular formula is C14H13FN2O. The third-order valence-corrected chi connectivity index (χ3v) is 3.25. The van der Waals surface area contributed by atoms with Crippen molar-refractivity contribution in [1.82, 2.24) is 9.88 Å². The van der Waals surface area contributed by atoms with Crippen LogP contribution in [-0.2, 0) is 13.0 Å². The van der Waals surface area contributed by atoms with Crippen molar-refractivity contribution in [2.45, 2.75) is 13.0 Å². The molecule has 1 aliphatic rings. The van der Waals surface area contributed by atoms with Gasteiger partial charge >= 0.3 is 0 Å². The Bertz CT molecular complexity index is 586. The van der Waals surface area contributed by atoms with Crippen LogP contribution in [0, 0.1) is 5.82 Å². The maximum atomic E-state index is 12.8. The summed E-state index contributed by atoms with van der Waals surface area (Å²) in [5, 5.41) is 3.27. The number of halogens is 1. The van der Waals surface area contributed by atoms with Gasteiger partial charge in [0.05, 0.1) is 0 Å². The van der Waals surface area contributed by atoms with E-state index in [2.05, 4.69) is 5.32 Å². The summed E-state index contributed by atoms with van der Waals surface area (Å²) in [7, 11) is 0. The van der Waals surface area contributed by atoms with Gasteiger partial charge < -0.3 is 5.32 Å². The van der Waals surface area contributed by atoms with Crippen LogP contribution in [0.3, 0.4) is 0 Å². The van der Waals surface area contributed by atoms with Crippen molar-refractivity contribution in [3.8, 4) is 0 Å². The van der Waals surface area contributed by atoms with E-state index in [1.165, 1.54) is 24.3 Å². The smallest absolute Gasteiger partial charge is 0.262 e. The molecule has 2 aromatic rings. The Morgan fingerprint density at radius 3 is 2.78 bits per heavy atom. The number of carbonyl (C=O) groups is 1. The van der Waals surface area contributed by atoms with Gasteiger partial charge in [-0.25, -0.2) is 4.39 Å². The number of hydrogen-bond donors (Lipinski definition) is 1. The van der Waals surface area contributed by atoms with Gasteiger partial charge in [-0.1, -0.05) is 0 Å². The van der Waals surface area contributed by atoms with Crippen LogP contribution >= 0.6 is 0 Å². The van der Waals surface area contributed by atoms with E-state index < -0.39 is 0 Å². The quantitative estimate of drug-likeness (QED) is 0.832. The predicted octanol–water partition coefficient (Wildman–Crippen LogP) is 1.96. The molecule has 0 unspecified atom stereocenters. The highest BCUT2D eigenvalue weighted by atomic mass is 19.1. The standard InChI is InChI=1S/C14H13FN2O/c15-12-3-1-10(2-4-12)14(18)17-8-6-11-9-16-7-5-13(11)17/h1-4,6,8,16H,5,7,9H2. The number of nitrogens with zero attached hydrogens (tertiary/aromatic N) is 1. The van der Waals surface area contributed by atoms with Gasteiger partial charge in [-0.15, -0.1) is 0 Å². The van der Waals surface area contributed by atoms with E-state index in [1.807, 2.05) is 6.07 Å². The topological polar surface area (TPSA) is 34.0 Å². The Hall–Kier alpha value is -1.94. The highest BCUT2D eigenvalue weighted by Gasteiger charge is 2.18. The minimum absolute atomic E-state index is 0.0989. The molecule has 2 heterocycles. The first kappa shape index (κ1) is 11.2. The second kappa shape index (κ2) is 4.38. The van der Waals surface area contributed by atoms with Crippen LogP contribution in [-0.4, -0.2) is 17.0 Å². The summed E-state index contributed by atoms with van der Waals surface area (Å²) < 4.78 is 14.5. The highest BCUT2D eigenvalue weighted by molar-refractivity contribution is 5.96. The van der Waals surface area contributed by atoms with Gasteiger partial charge in [-0.3, -0.25) is 9.36 Å². The van der Waals surface area contributed by atoms with E-state index in [-0.39, 0.29) is 11.7 Å². The van der Waals surface area contributed by atoms with E-state index in [1.54, 1.807) is 10.8 Å². The lowest BCUT2D eigenvalue weighted by Crippen LogP contribution is -2.26. The second-order valence-corrected chi connectivity index (χ2v) is 4.40. The first-order valence-electron chi connectivity index (χ1n) is 5.96. The fourth-order valence-electron chi connectivity index (χ4n) is 2.30. The average Bonchev–Trinajstić information content (AvgIpc) is 2.82. The van der Waals surface area contributed by atoms with Gasteiger partial charge in [0.1, 0.15) is 5.82 Å². The summed E-state index contributed by atoms with van der Waals surface area (Å²) in [4.78, 5) is 12.3. The van der Waals surface area contributed by atoms with Crippen LogP contribution in [0.4, 0.5) is 4.39 Å². The lowest BCUT2D eigenvalue weighted by atomic mass is 10.1. The van der Waals surface area contributed by atoms with Crippen LogP contribution in [0.25, 0.3) is 0 Å². The zero-order chi connectivity index (χ0) is 12.5. The van der Waals surface area contributed by atoms with E-state index >= 15 is 0 Å². The third kappa shape index (κ3) is 1.84. The summed E-state index contributed by atoms with van der Waals surface area (Å²) in [5.74, 6) is -0.427. The van der Waals surface area contributed by atoms with Crippen LogP contribution in [0.5, 0.6) is 0 Å². The predicted molar refractivity (Wildman–Crippen MR) is 66.0 cm³/mol. The Labute approximate surface area is 104 Å². The molecule has 0 fully saturated rings. The molecule has 0 radical (unpaired) electrons. The maximum Gasteiger partial charge on any atom is 0.262 e. The average molecular weight is 244 g/mol. The maximum absolute atomic E-state index is 12.8. The Morgan fingerprint density at radius 2 is 2.00 bits per heavy atom. The molecular weight excluding hydrogens is 231 g/mol.